The monoisotopic (exact) mass is 355 g/mol. The summed E-state index contributed by atoms with van der Waals surface area (Å²) in [5.41, 5.74) is 0.858. The van der Waals surface area contributed by atoms with Gasteiger partial charge in [0.05, 0.1) is 24.1 Å². The van der Waals surface area contributed by atoms with Crippen LogP contribution in [0.1, 0.15) is 5.56 Å². The molecule has 0 bridgehead atoms. The molecular weight excluding hydrogens is 338 g/mol. The van der Waals surface area contributed by atoms with Crippen LogP contribution >= 0.6 is 11.6 Å². The first-order valence-electron chi connectivity index (χ1n) is 6.81. The van der Waals surface area contributed by atoms with E-state index in [2.05, 4.69) is 0 Å². The van der Waals surface area contributed by atoms with Gasteiger partial charge in [-0.2, -0.15) is 4.31 Å². The highest BCUT2D eigenvalue weighted by Gasteiger charge is 2.22. The fraction of sp³-hybridized carbons (Fsp3) is 0.250. The summed E-state index contributed by atoms with van der Waals surface area (Å²) in [7, 11) is 0.947. The molecule has 5 nitrogen and oxygen atoms in total. The molecule has 0 aromatic heterocycles. The highest BCUT2D eigenvalue weighted by Crippen LogP contribution is 2.28. The molecule has 0 saturated heterocycles. The van der Waals surface area contributed by atoms with E-state index in [9.17, 15) is 8.42 Å². The number of ether oxygens (including phenoxy) is 2. The highest BCUT2D eigenvalue weighted by molar-refractivity contribution is 7.89. The molecule has 124 valence electrons. The standard InChI is InChI=1S/C16H18ClNO4S/c1-18(11-12-4-6-13(21-2)7-5-12)23(19,20)14-8-9-16(22-3)15(17)10-14/h4-10H,11H2,1-3H3. The van der Waals surface area contributed by atoms with Gasteiger partial charge in [-0.05, 0) is 35.9 Å². The Kier molecular flexibility index (Phi) is 5.51. The van der Waals surface area contributed by atoms with Crippen molar-refractivity contribution in [3.8, 4) is 11.5 Å². The van der Waals surface area contributed by atoms with E-state index in [4.69, 9.17) is 21.1 Å². The van der Waals surface area contributed by atoms with E-state index in [1.807, 2.05) is 12.1 Å². The van der Waals surface area contributed by atoms with Gasteiger partial charge in [0.2, 0.25) is 10.0 Å². The Morgan fingerprint density at radius 2 is 1.70 bits per heavy atom. The van der Waals surface area contributed by atoms with Gasteiger partial charge in [0.1, 0.15) is 11.5 Å². The summed E-state index contributed by atoms with van der Waals surface area (Å²) in [5.74, 6) is 1.16. The summed E-state index contributed by atoms with van der Waals surface area (Å²) < 4.78 is 36.6. The van der Waals surface area contributed by atoms with Crippen molar-refractivity contribution in [2.24, 2.45) is 0 Å². The second-order valence-electron chi connectivity index (χ2n) is 4.91. The fourth-order valence-electron chi connectivity index (χ4n) is 2.06. The average Bonchev–Trinajstić information content (AvgIpc) is 2.55. The number of benzene rings is 2. The maximum Gasteiger partial charge on any atom is 0.243 e. The van der Waals surface area contributed by atoms with Crippen molar-refractivity contribution in [1.29, 1.82) is 0 Å². The molecule has 0 saturated carbocycles. The molecule has 0 unspecified atom stereocenters. The first-order valence-corrected chi connectivity index (χ1v) is 8.63. The number of nitrogens with zero attached hydrogens (tertiary/aromatic N) is 1. The molecule has 0 radical (unpaired) electrons. The third-order valence-electron chi connectivity index (χ3n) is 3.40. The number of rotatable bonds is 6. The van der Waals surface area contributed by atoms with Gasteiger partial charge in [0.15, 0.2) is 0 Å². The molecule has 2 aromatic rings. The maximum atomic E-state index is 12.6. The molecule has 23 heavy (non-hydrogen) atoms. The lowest BCUT2D eigenvalue weighted by atomic mass is 10.2. The molecule has 0 N–H and O–H groups in total. The van der Waals surface area contributed by atoms with Crippen molar-refractivity contribution in [1.82, 2.24) is 4.31 Å². The predicted molar refractivity (Wildman–Crippen MR) is 89.7 cm³/mol. The fourth-order valence-corrected chi connectivity index (χ4v) is 3.57. The quantitative estimate of drug-likeness (QED) is 0.798. The van der Waals surface area contributed by atoms with E-state index in [-0.39, 0.29) is 16.5 Å². The van der Waals surface area contributed by atoms with Crippen molar-refractivity contribution in [3.05, 3.63) is 53.1 Å². The van der Waals surface area contributed by atoms with E-state index in [1.165, 1.54) is 36.7 Å². The van der Waals surface area contributed by atoms with Crippen LogP contribution in [0, 0.1) is 0 Å². The molecule has 0 aliphatic carbocycles. The number of hydrogen-bond donors (Lipinski definition) is 0. The maximum absolute atomic E-state index is 12.6. The second-order valence-corrected chi connectivity index (χ2v) is 7.36. The van der Waals surface area contributed by atoms with E-state index in [0.717, 1.165) is 11.3 Å². The van der Waals surface area contributed by atoms with E-state index < -0.39 is 10.0 Å². The van der Waals surface area contributed by atoms with E-state index >= 15 is 0 Å². The van der Waals surface area contributed by atoms with Crippen LogP contribution in [0.4, 0.5) is 0 Å². The van der Waals surface area contributed by atoms with Gasteiger partial charge in [0, 0.05) is 13.6 Å². The van der Waals surface area contributed by atoms with Crippen LogP contribution in [0.2, 0.25) is 5.02 Å². The van der Waals surface area contributed by atoms with Gasteiger partial charge in [-0.3, -0.25) is 0 Å². The first kappa shape index (κ1) is 17.6. The average molecular weight is 356 g/mol. The van der Waals surface area contributed by atoms with Gasteiger partial charge < -0.3 is 9.47 Å². The summed E-state index contributed by atoms with van der Waals surface area (Å²) in [5, 5.41) is 0.256. The van der Waals surface area contributed by atoms with Gasteiger partial charge in [-0.25, -0.2) is 8.42 Å². The number of sulfonamides is 1. The molecule has 0 atom stereocenters. The Morgan fingerprint density at radius 1 is 1.04 bits per heavy atom. The van der Waals surface area contributed by atoms with Crippen molar-refractivity contribution in [3.63, 3.8) is 0 Å². The smallest absolute Gasteiger partial charge is 0.243 e. The minimum atomic E-state index is -3.64. The Bertz CT molecular complexity index is 775. The molecule has 0 heterocycles. The summed E-state index contributed by atoms with van der Waals surface area (Å²) in [6, 6.07) is 11.6. The van der Waals surface area contributed by atoms with Gasteiger partial charge in [-0.1, -0.05) is 23.7 Å². The normalized spacial score (nSPS) is 11.5. The van der Waals surface area contributed by atoms with Crippen LogP contribution in [0.3, 0.4) is 0 Å². The molecule has 0 spiro atoms. The predicted octanol–water partition coefficient (Wildman–Crippen LogP) is 3.18. The molecule has 0 aliphatic rings. The zero-order valence-corrected chi connectivity index (χ0v) is 14.7. The lowest BCUT2D eigenvalue weighted by molar-refractivity contribution is 0.414. The highest BCUT2D eigenvalue weighted by atomic mass is 35.5. The number of halogens is 1. The number of methoxy groups -OCH3 is 2. The summed E-state index contributed by atoms with van der Waals surface area (Å²) in [6.45, 7) is 0.246. The van der Waals surface area contributed by atoms with Crippen LogP contribution < -0.4 is 9.47 Å². The zero-order chi connectivity index (χ0) is 17.0. The Labute approximate surface area is 141 Å². The lowest BCUT2D eigenvalue weighted by Gasteiger charge is -2.18. The van der Waals surface area contributed by atoms with Crippen molar-refractivity contribution in [2.45, 2.75) is 11.4 Å². The Morgan fingerprint density at radius 3 is 2.22 bits per heavy atom. The van der Waals surface area contributed by atoms with Gasteiger partial charge in [-0.15, -0.1) is 0 Å². The molecular formula is C16H18ClNO4S. The topological polar surface area (TPSA) is 55.8 Å². The Hall–Kier alpha value is -1.76. The molecule has 2 aromatic carbocycles. The lowest BCUT2D eigenvalue weighted by Crippen LogP contribution is -2.26. The molecule has 7 heteroatoms. The molecule has 2 rings (SSSR count). The minimum absolute atomic E-state index is 0.124. The van der Waals surface area contributed by atoms with E-state index in [0.29, 0.717) is 5.75 Å². The van der Waals surface area contributed by atoms with Crippen LogP contribution in [0.5, 0.6) is 11.5 Å². The van der Waals surface area contributed by atoms with Crippen LogP contribution in [-0.4, -0.2) is 34.0 Å². The third kappa shape index (κ3) is 3.96. The largest absolute Gasteiger partial charge is 0.497 e. The SMILES string of the molecule is COc1ccc(CN(C)S(=O)(=O)c2ccc(OC)c(Cl)c2)cc1. The summed E-state index contributed by atoms with van der Waals surface area (Å²) >= 11 is 6.01. The summed E-state index contributed by atoms with van der Waals surface area (Å²) in [6.07, 6.45) is 0. The van der Waals surface area contributed by atoms with E-state index in [1.54, 1.807) is 19.2 Å². The van der Waals surface area contributed by atoms with Crippen molar-refractivity contribution in [2.75, 3.05) is 21.3 Å². The molecule has 0 aliphatic heterocycles. The van der Waals surface area contributed by atoms with Crippen LogP contribution in [0.15, 0.2) is 47.4 Å². The van der Waals surface area contributed by atoms with Gasteiger partial charge in [0.25, 0.3) is 0 Å². The number of hydrogen-bond acceptors (Lipinski definition) is 4. The Balaban J connectivity index is 2.22. The zero-order valence-electron chi connectivity index (χ0n) is 13.1. The first-order chi connectivity index (χ1) is 10.9. The third-order valence-corrected chi connectivity index (χ3v) is 5.49. The van der Waals surface area contributed by atoms with Crippen LogP contribution in [0.25, 0.3) is 0 Å². The van der Waals surface area contributed by atoms with Gasteiger partial charge >= 0.3 is 0 Å². The van der Waals surface area contributed by atoms with Crippen LogP contribution in [-0.2, 0) is 16.6 Å². The summed E-state index contributed by atoms with van der Waals surface area (Å²) in [4.78, 5) is 0.124. The van der Waals surface area contributed by atoms with Crippen molar-refractivity contribution < 1.29 is 17.9 Å². The minimum Gasteiger partial charge on any atom is -0.497 e. The van der Waals surface area contributed by atoms with Crippen molar-refractivity contribution >= 4 is 21.6 Å². The molecule has 0 fully saturated rings. The second kappa shape index (κ2) is 7.21. The molecule has 0 amide bonds.